The maximum Gasteiger partial charge on any atom is 0.282 e. The zero-order valence-electron chi connectivity index (χ0n) is 17.1. The van der Waals surface area contributed by atoms with Crippen molar-refractivity contribution in [1.29, 1.82) is 0 Å². The van der Waals surface area contributed by atoms with Crippen LogP contribution in [0.3, 0.4) is 0 Å². The largest absolute Gasteiger partial charge is 0.395 e. The molecule has 1 N–H and O–H groups in total. The molecule has 2 aromatic rings. The van der Waals surface area contributed by atoms with Gasteiger partial charge in [-0.2, -0.15) is 0 Å². The van der Waals surface area contributed by atoms with Crippen molar-refractivity contribution in [2.75, 3.05) is 44.2 Å². The van der Waals surface area contributed by atoms with E-state index in [0.717, 1.165) is 10.5 Å². The lowest BCUT2D eigenvalue weighted by molar-refractivity contribution is -0.120. The molecule has 162 valence electrons. The number of piperazine rings is 1. The highest BCUT2D eigenvalue weighted by Gasteiger charge is 2.43. The Hall–Kier alpha value is -2.74. The summed E-state index contributed by atoms with van der Waals surface area (Å²) in [6.07, 6.45) is 0. The molecule has 1 saturated heterocycles. The summed E-state index contributed by atoms with van der Waals surface area (Å²) >= 11 is 6.15. The van der Waals surface area contributed by atoms with Crippen LogP contribution in [-0.2, 0) is 9.59 Å². The molecule has 2 aliphatic rings. The number of carbonyl (C=O) groups is 2. The fourth-order valence-corrected chi connectivity index (χ4v) is 4.23. The van der Waals surface area contributed by atoms with Crippen LogP contribution in [0.25, 0.3) is 5.57 Å². The third-order valence-electron chi connectivity index (χ3n) is 5.71. The summed E-state index contributed by atoms with van der Waals surface area (Å²) < 4.78 is 13.5. The summed E-state index contributed by atoms with van der Waals surface area (Å²) in [7, 11) is 0. The van der Waals surface area contributed by atoms with Crippen molar-refractivity contribution in [3.05, 3.63) is 70.1 Å². The van der Waals surface area contributed by atoms with Gasteiger partial charge in [0, 0.05) is 37.7 Å². The molecule has 6 nitrogen and oxygen atoms in total. The van der Waals surface area contributed by atoms with Crippen molar-refractivity contribution in [3.63, 3.8) is 0 Å². The van der Waals surface area contributed by atoms with E-state index in [4.69, 9.17) is 11.6 Å². The first-order valence-electron chi connectivity index (χ1n) is 10.1. The highest BCUT2D eigenvalue weighted by atomic mass is 35.5. The molecule has 2 heterocycles. The average Bonchev–Trinajstić information content (AvgIpc) is 3.01. The Balaban J connectivity index is 1.77. The zero-order chi connectivity index (χ0) is 22.1. The van der Waals surface area contributed by atoms with Gasteiger partial charge in [0.25, 0.3) is 11.8 Å². The van der Waals surface area contributed by atoms with Gasteiger partial charge in [0.1, 0.15) is 11.5 Å². The lowest BCUT2D eigenvalue weighted by Crippen LogP contribution is -2.48. The number of β-amino-alcohol motifs (C(OH)–C–C–N with tert-alkyl or cyclic N) is 1. The molecule has 31 heavy (non-hydrogen) atoms. The van der Waals surface area contributed by atoms with Crippen LogP contribution < -0.4 is 4.90 Å². The van der Waals surface area contributed by atoms with Crippen molar-refractivity contribution in [2.45, 2.75) is 6.92 Å². The molecular formula is C23H23ClFN3O3. The molecule has 0 bridgehead atoms. The van der Waals surface area contributed by atoms with E-state index in [-0.39, 0.29) is 12.2 Å². The van der Waals surface area contributed by atoms with E-state index in [0.29, 0.717) is 54.7 Å². The van der Waals surface area contributed by atoms with Crippen molar-refractivity contribution in [3.8, 4) is 0 Å². The second kappa shape index (κ2) is 8.78. The van der Waals surface area contributed by atoms with Crippen LogP contribution in [0, 0.1) is 12.7 Å². The monoisotopic (exact) mass is 443 g/mol. The summed E-state index contributed by atoms with van der Waals surface area (Å²) in [5, 5.41) is 9.61. The lowest BCUT2D eigenvalue weighted by Gasteiger charge is -2.36. The number of anilines is 1. The molecule has 0 aliphatic carbocycles. The molecular weight excluding hydrogens is 421 g/mol. The van der Waals surface area contributed by atoms with E-state index >= 15 is 0 Å². The van der Waals surface area contributed by atoms with Crippen LogP contribution in [0.4, 0.5) is 10.1 Å². The van der Waals surface area contributed by atoms with E-state index in [9.17, 15) is 19.1 Å². The fraction of sp³-hybridized carbons (Fsp3) is 0.304. The SMILES string of the molecule is Cc1ccc(Cl)cc1N1C(=O)C(c2ccc(F)cc2)=C(N2CCN(CCO)CC2)C1=O. The Bertz CT molecular complexity index is 1050. The zero-order valence-corrected chi connectivity index (χ0v) is 17.9. The Labute approximate surface area is 185 Å². The molecule has 2 amide bonds. The maximum absolute atomic E-state index is 13.6. The van der Waals surface area contributed by atoms with Crippen LogP contribution >= 0.6 is 11.6 Å². The molecule has 1 fully saturated rings. The number of rotatable bonds is 5. The van der Waals surface area contributed by atoms with Gasteiger partial charge >= 0.3 is 0 Å². The van der Waals surface area contributed by atoms with Gasteiger partial charge in [-0.1, -0.05) is 29.8 Å². The standard InChI is InChI=1S/C23H23ClFN3O3/c1-15-2-5-17(24)14-19(15)28-22(30)20(16-3-6-18(25)7-4-16)21(23(28)31)27-10-8-26(9-11-27)12-13-29/h2-7,14,29H,8-13H2,1H3. The minimum atomic E-state index is -0.449. The Morgan fingerprint density at radius 1 is 1.00 bits per heavy atom. The third kappa shape index (κ3) is 4.08. The van der Waals surface area contributed by atoms with E-state index in [2.05, 4.69) is 4.90 Å². The molecule has 2 aromatic carbocycles. The van der Waals surface area contributed by atoms with Gasteiger partial charge in [-0.3, -0.25) is 14.5 Å². The summed E-state index contributed by atoms with van der Waals surface area (Å²) in [5.41, 5.74) is 2.27. The molecule has 0 spiro atoms. The summed E-state index contributed by atoms with van der Waals surface area (Å²) in [5.74, 6) is -1.28. The van der Waals surface area contributed by atoms with Crippen LogP contribution in [0.15, 0.2) is 48.2 Å². The minimum absolute atomic E-state index is 0.0722. The number of aliphatic hydroxyl groups is 1. The predicted octanol–water partition coefficient (Wildman–Crippen LogP) is 2.68. The quantitative estimate of drug-likeness (QED) is 0.720. The molecule has 2 aliphatic heterocycles. The highest BCUT2D eigenvalue weighted by Crippen LogP contribution is 2.37. The first kappa shape index (κ1) is 21.5. The number of benzene rings is 2. The number of aliphatic hydroxyl groups excluding tert-OH is 1. The van der Waals surface area contributed by atoms with Crippen molar-refractivity contribution >= 4 is 34.7 Å². The van der Waals surface area contributed by atoms with Crippen LogP contribution in [-0.4, -0.2) is 66.1 Å². The second-order valence-corrected chi connectivity index (χ2v) is 8.10. The van der Waals surface area contributed by atoms with E-state index in [1.807, 2.05) is 11.8 Å². The topological polar surface area (TPSA) is 64.1 Å². The Morgan fingerprint density at radius 3 is 2.32 bits per heavy atom. The summed E-state index contributed by atoms with van der Waals surface area (Å²) in [6, 6.07) is 10.7. The average molecular weight is 444 g/mol. The van der Waals surface area contributed by atoms with Gasteiger partial charge in [-0.05, 0) is 42.3 Å². The molecule has 8 heteroatoms. The maximum atomic E-state index is 13.6. The molecule has 0 atom stereocenters. The number of halogens is 2. The first-order chi connectivity index (χ1) is 14.9. The van der Waals surface area contributed by atoms with Crippen molar-refractivity contribution in [2.24, 2.45) is 0 Å². The van der Waals surface area contributed by atoms with Crippen LogP contribution in [0.2, 0.25) is 5.02 Å². The smallest absolute Gasteiger partial charge is 0.282 e. The van der Waals surface area contributed by atoms with Crippen LogP contribution in [0.1, 0.15) is 11.1 Å². The number of carbonyl (C=O) groups excluding carboxylic acids is 2. The second-order valence-electron chi connectivity index (χ2n) is 7.66. The number of hydrogen-bond donors (Lipinski definition) is 1. The minimum Gasteiger partial charge on any atom is -0.395 e. The van der Waals surface area contributed by atoms with Crippen LogP contribution in [0.5, 0.6) is 0 Å². The first-order valence-corrected chi connectivity index (χ1v) is 10.5. The van der Waals surface area contributed by atoms with Gasteiger partial charge in [0.15, 0.2) is 0 Å². The van der Waals surface area contributed by atoms with Gasteiger partial charge < -0.3 is 10.0 Å². The predicted molar refractivity (Wildman–Crippen MR) is 117 cm³/mol. The van der Waals surface area contributed by atoms with E-state index < -0.39 is 17.6 Å². The molecule has 0 unspecified atom stereocenters. The van der Waals surface area contributed by atoms with Gasteiger partial charge in [0.05, 0.1) is 17.9 Å². The summed E-state index contributed by atoms with van der Waals surface area (Å²) in [6.45, 7) is 4.87. The molecule has 0 aromatic heterocycles. The Kier molecular flexibility index (Phi) is 6.09. The van der Waals surface area contributed by atoms with Crippen molar-refractivity contribution < 1.29 is 19.1 Å². The third-order valence-corrected chi connectivity index (χ3v) is 5.94. The number of aryl methyl sites for hydroxylation is 1. The number of hydrogen-bond acceptors (Lipinski definition) is 5. The Morgan fingerprint density at radius 2 is 1.68 bits per heavy atom. The molecule has 0 radical (unpaired) electrons. The van der Waals surface area contributed by atoms with Gasteiger partial charge in [-0.15, -0.1) is 0 Å². The normalized spacial score (nSPS) is 17.8. The number of nitrogens with zero attached hydrogens (tertiary/aromatic N) is 3. The number of imide groups is 1. The van der Waals surface area contributed by atoms with Crippen molar-refractivity contribution in [1.82, 2.24) is 9.80 Å². The molecule has 4 rings (SSSR count). The number of amides is 2. The highest BCUT2D eigenvalue weighted by molar-refractivity contribution is 6.45. The van der Waals surface area contributed by atoms with E-state index in [1.54, 1.807) is 18.2 Å². The van der Waals surface area contributed by atoms with Gasteiger partial charge in [-0.25, -0.2) is 9.29 Å². The van der Waals surface area contributed by atoms with Gasteiger partial charge in [0.2, 0.25) is 0 Å². The fourth-order valence-electron chi connectivity index (χ4n) is 4.07. The summed E-state index contributed by atoms with van der Waals surface area (Å²) in [4.78, 5) is 32.3. The molecule has 0 saturated carbocycles. The van der Waals surface area contributed by atoms with E-state index in [1.165, 1.54) is 24.3 Å². The lowest BCUT2D eigenvalue weighted by atomic mass is 10.0.